The van der Waals surface area contributed by atoms with Crippen LogP contribution >= 0.6 is 7.91 Å². The molecule has 8 heteroatoms. The molecule has 0 unspecified atom stereocenters. The van der Waals surface area contributed by atoms with Crippen molar-refractivity contribution in [2.75, 3.05) is 34.3 Å². The van der Waals surface area contributed by atoms with Crippen LogP contribution in [0, 0.1) is 0 Å². The number of nitrogens with zero attached hydrogens (tertiary/aromatic N) is 1. The molecule has 0 fully saturated rings. The van der Waals surface area contributed by atoms with Gasteiger partial charge in [0.1, 0.15) is 0 Å². The zero-order valence-electron chi connectivity index (χ0n) is 9.96. The van der Waals surface area contributed by atoms with E-state index in [2.05, 4.69) is 11.1 Å². The van der Waals surface area contributed by atoms with Gasteiger partial charge in [0.25, 0.3) is 0 Å². The third-order valence-electron chi connectivity index (χ3n) is 1.57. The maximum absolute atomic E-state index is 11.1. The number of esters is 1. The van der Waals surface area contributed by atoms with Gasteiger partial charge in [-0.2, -0.15) is 0 Å². The fourth-order valence-electron chi connectivity index (χ4n) is 0.825. The van der Waals surface area contributed by atoms with Crippen molar-refractivity contribution in [3.05, 3.63) is 12.7 Å². The molecule has 0 rings (SSSR count). The molecule has 98 valence electrons. The van der Waals surface area contributed by atoms with E-state index >= 15 is 0 Å². The van der Waals surface area contributed by atoms with Gasteiger partial charge in [0.15, 0.2) is 13.5 Å². The molecule has 0 spiro atoms. The highest BCUT2D eigenvalue weighted by molar-refractivity contribution is 7.24. The van der Waals surface area contributed by atoms with Crippen molar-refractivity contribution in [3.63, 3.8) is 0 Å². The molecule has 0 saturated carbocycles. The van der Waals surface area contributed by atoms with E-state index in [1.165, 1.54) is 6.08 Å². The highest BCUT2D eigenvalue weighted by Gasteiger charge is 2.17. The molecule has 0 saturated heterocycles. The summed E-state index contributed by atoms with van der Waals surface area (Å²) in [5, 5.41) is 0. The molecule has 0 aromatic heterocycles. The largest absolute Gasteiger partial charge is 0.470 e. The molecule has 0 aliphatic heterocycles. The quantitative estimate of drug-likeness (QED) is 0.156. The van der Waals surface area contributed by atoms with E-state index in [9.17, 15) is 13.9 Å². The van der Waals surface area contributed by atoms with Gasteiger partial charge in [-0.3, -0.25) is 9.28 Å². The van der Waals surface area contributed by atoms with E-state index in [4.69, 9.17) is 9.47 Å². The maximum atomic E-state index is 11.1. The topological polar surface area (TPSA) is 78.9 Å². The van der Waals surface area contributed by atoms with Crippen LogP contribution < -0.4 is 0 Å². The number of ether oxygens (including phenoxy) is 2. The smallest absolute Gasteiger partial charge is 0.415 e. The van der Waals surface area contributed by atoms with Gasteiger partial charge in [0, 0.05) is 0 Å². The Labute approximate surface area is 100 Å². The van der Waals surface area contributed by atoms with Crippen LogP contribution in [0.3, 0.4) is 0 Å². The average Bonchev–Trinajstić information content (AvgIpc) is 2.22. The SMILES string of the molecule is C=CCC(=O)OC[N+](C)(C)COCOP(=O)=O. The third kappa shape index (κ3) is 9.89. The first-order valence-corrected chi connectivity index (χ1v) is 5.90. The molecule has 0 radical (unpaired) electrons. The summed E-state index contributed by atoms with van der Waals surface area (Å²) in [6.07, 6.45) is 1.61. The van der Waals surface area contributed by atoms with Gasteiger partial charge < -0.3 is 9.47 Å². The Kier molecular flexibility index (Phi) is 7.65. The summed E-state index contributed by atoms with van der Waals surface area (Å²) < 4.78 is 34.5. The molecule has 0 aliphatic carbocycles. The highest BCUT2D eigenvalue weighted by atomic mass is 31.1. The highest BCUT2D eigenvalue weighted by Crippen LogP contribution is 2.05. The third-order valence-corrected chi connectivity index (χ3v) is 1.88. The van der Waals surface area contributed by atoms with E-state index in [0.29, 0.717) is 0 Å². The lowest BCUT2D eigenvalue weighted by molar-refractivity contribution is -0.926. The van der Waals surface area contributed by atoms with Gasteiger partial charge in [-0.25, -0.2) is 13.7 Å². The molecule has 0 bridgehead atoms. The predicted molar refractivity (Wildman–Crippen MR) is 58.1 cm³/mol. The van der Waals surface area contributed by atoms with Crippen molar-refractivity contribution in [1.29, 1.82) is 0 Å². The second-order valence-corrected chi connectivity index (χ2v) is 4.58. The summed E-state index contributed by atoms with van der Waals surface area (Å²) >= 11 is 0. The molecule has 0 aliphatic rings. The summed E-state index contributed by atoms with van der Waals surface area (Å²) in [4.78, 5) is 11.1. The van der Waals surface area contributed by atoms with E-state index in [0.717, 1.165) is 0 Å². The van der Waals surface area contributed by atoms with Gasteiger partial charge in [-0.05, 0) is 0 Å². The Morgan fingerprint density at radius 2 is 2.00 bits per heavy atom. The van der Waals surface area contributed by atoms with E-state index in [-0.39, 0.29) is 37.1 Å². The monoisotopic (exact) mass is 266 g/mol. The number of rotatable bonds is 9. The molecular formula is C9H17NO6P+. The van der Waals surface area contributed by atoms with Crippen LogP contribution in [0.25, 0.3) is 0 Å². The number of carbonyl (C=O) groups is 1. The summed E-state index contributed by atoms with van der Waals surface area (Å²) in [5.41, 5.74) is 0. The van der Waals surface area contributed by atoms with Crippen LogP contribution in [-0.2, 0) is 27.9 Å². The molecule has 17 heavy (non-hydrogen) atoms. The lowest BCUT2D eigenvalue weighted by atomic mass is 10.4. The number of hydrogen-bond acceptors (Lipinski definition) is 6. The molecule has 0 heterocycles. The molecule has 0 N–H and O–H groups in total. The standard InChI is InChI=1S/C9H17NO6P/c1-4-5-9(11)15-7-10(2,3)6-14-8-16-17(12)13/h4H,1,5-8H2,2-3H3/q+1. The fraction of sp³-hybridized carbons (Fsp3) is 0.667. The zero-order valence-corrected chi connectivity index (χ0v) is 10.9. The number of hydrogen-bond donors (Lipinski definition) is 0. The van der Waals surface area contributed by atoms with Crippen molar-refractivity contribution >= 4 is 13.9 Å². The Morgan fingerprint density at radius 3 is 2.53 bits per heavy atom. The van der Waals surface area contributed by atoms with E-state index in [1.807, 2.05) is 0 Å². The molecule has 7 nitrogen and oxygen atoms in total. The molecule has 0 atom stereocenters. The summed E-state index contributed by atoms with van der Waals surface area (Å²) in [7, 11) is 0.625. The van der Waals surface area contributed by atoms with Crippen LogP contribution in [0.1, 0.15) is 6.42 Å². The van der Waals surface area contributed by atoms with Crippen LogP contribution in [0.5, 0.6) is 0 Å². The van der Waals surface area contributed by atoms with Gasteiger partial charge in [0.2, 0.25) is 6.73 Å². The summed E-state index contributed by atoms with van der Waals surface area (Å²) in [5.74, 6) is -0.370. The Hall–Kier alpha value is -1.01. The first kappa shape index (κ1) is 16.0. The second kappa shape index (κ2) is 8.14. The van der Waals surface area contributed by atoms with Crippen LogP contribution in [0.15, 0.2) is 12.7 Å². The van der Waals surface area contributed by atoms with Crippen molar-refractivity contribution in [2.45, 2.75) is 6.42 Å². The van der Waals surface area contributed by atoms with Gasteiger partial charge >= 0.3 is 13.9 Å². The van der Waals surface area contributed by atoms with E-state index in [1.54, 1.807) is 14.1 Å². The van der Waals surface area contributed by atoms with Gasteiger partial charge in [-0.1, -0.05) is 6.08 Å². The molecular weight excluding hydrogens is 249 g/mol. The normalized spacial score (nSPS) is 10.9. The Bertz CT molecular complexity index is 317. The van der Waals surface area contributed by atoms with Crippen molar-refractivity contribution in [1.82, 2.24) is 0 Å². The molecule has 0 aromatic carbocycles. The van der Waals surface area contributed by atoms with Crippen molar-refractivity contribution in [2.24, 2.45) is 0 Å². The van der Waals surface area contributed by atoms with E-state index < -0.39 is 7.91 Å². The summed E-state index contributed by atoms with van der Waals surface area (Å²) in [6.45, 7) is 3.35. The maximum Gasteiger partial charge on any atom is 0.470 e. The van der Waals surface area contributed by atoms with Crippen LogP contribution in [0.4, 0.5) is 0 Å². The Balaban J connectivity index is 3.78. The minimum Gasteiger partial charge on any atom is -0.415 e. The minimum absolute atomic E-state index is 0.121. The minimum atomic E-state index is -2.90. The van der Waals surface area contributed by atoms with Gasteiger partial charge in [0.05, 0.1) is 20.5 Å². The Morgan fingerprint density at radius 1 is 1.35 bits per heavy atom. The van der Waals surface area contributed by atoms with Gasteiger partial charge in [-0.15, -0.1) is 6.58 Å². The summed E-state index contributed by atoms with van der Waals surface area (Å²) in [6, 6.07) is 0. The molecule has 0 aromatic rings. The number of quaternary nitrogens is 1. The zero-order chi connectivity index (χ0) is 13.3. The number of carbonyl (C=O) groups excluding carboxylic acids is 1. The second-order valence-electron chi connectivity index (χ2n) is 3.88. The van der Waals surface area contributed by atoms with Crippen LogP contribution in [0.2, 0.25) is 0 Å². The average molecular weight is 266 g/mol. The lowest BCUT2D eigenvalue weighted by Gasteiger charge is -2.27. The van der Waals surface area contributed by atoms with Crippen LogP contribution in [-0.4, -0.2) is 44.8 Å². The van der Waals surface area contributed by atoms with Crippen molar-refractivity contribution < 1.29 is 32.4 Å². The first-order chi connectivity index (χ1) is 7.87. The lowest BCUT2D eigenvalue weighted by Crippen LogP contribution is -2.44. The van der Waals surface area contributed by atoms with Crippen molar-refractivity contribution in [3.8, 4) is 0 Å². The predicted octanol–water partition coefficient (Wildman–Crippen LogP) is 1.18. The first-order valence-electron chi connectivity index (χ1n) is 4.81. The fourth-order valence-corrected chi connectivity index (χ4v) is 0.986. The molecule has 0 amide bonds.